The third-order valence-electron chi connectivity index (χ3n) is 5.50. The zero-order chi connectivity index (χ0) is 16.6. The lowest BCUT2D eigenvalue weighted by atomic mass is 10.1. The maximum absolute atomic E-state index is 13.5. The van der Waals surface area contributed by atoms with Crippen molar-refractivity contribution in [2.24, 2.45) is 0 Å². The third kappa shape index (κ3) is 2.31. The number of aryl methyl sites for hydroxylation is 1. The number of nitrogens with zero attached hydrogens (tertiary/aromatic N) is 3. The maximum Gasteiger partial charge on any atom is 0.191 e. The van der Waals surface area contributed by atoms with Crippen molar-refractivity contribution in [3.05, 3.63) is 42.0 Å². The Kier molecular flexibility index (Phi) is 3.95. The van der Waals surface area contributed by atoms with Crippen LogP contribution in [0.2, 0.25) is 0 Å². The van der Waals surface area contributed by atoms with Gasteiger partial charge in [-0.25, -0.2) is 8.42 Å². The molecule has 1 aromatic heterocycles. The van der Waals surface area contributed by atoms with Crippen molar-refractivity contribution in [2.75, 3.05) is 0 Å². The van der Waals surface area contributed by atoms with Crippen LogP contribution < -0.4 is 0 Å². The van der Waals surface area contributed by atoms with Gasteiger partial charge in [0.25, 0.3) is 0 Å². The van der Waals surface area contributed by atoms with Crippen molar-refractivity contribution < 1.29 is 8.42 Å². The van der Waals surface area contributed by atoms with E-state index in [9.17, 15) is 8.42 Å². The molecule has 6 heteroatoms. The quantitative estimate of drug-likeness (QED) is 0.856. The molecule has 0 radical (unpaired) electrons. The van der Waals surface area contributed by atoms with Gasteiger partial charge in [-0.05, 0) is 37.8 Å². The lowest BCUT2D eigenvalue weighted by molar-refractivity contribution is 0.477. The molecule has 2 aliphatic rings. The summed E-state index contributed by atoms with van der Waals surface area (Å²) in [6.45, 7) is 0.837. The first-order valence-corrected chi connectivity index (χ1v) is 10.4. The summed E-state index contributed by atoms with van der Waals surface area (Å²) in [5.41, 5.74) is 0. The molecule has 1 aromatic carbocycles. The zero-order valence-electron chi connectivity index (χ0n) is 13.8. The molecule has 0 N–H and O–H groups in total. The molecule has 2 heterocycles. The SMILES string of the molecule is O=S(=O)(c1ccccc1)C1(c2nnc3n2CCCCC3)CCCC1. The Bertz CT molecular complexity index is 821. The lowest BCUT2D eigenvalue weighted by Gasteiger charge is -2.28. The molecule has 1 fully saturated rings. The van der Waals surface area contributed by atoms with Crippen molar-refractivity contribution in [1.29, 1.82) is 0 Å². The van der Waals surface area contributed by atoms with Crippen LogP contribution in [0.4, 0.5) is 0 Å². The van der Waals surface area contributed by atoms with Crippen LogP contribution in [0.1, 0.15) is 56.6 Å². The van der Waals surface area contributed by atoms with E-state index in [1.54, 1.807) is 24.3 Å². The summed E-state index contributed by atoms with van der Waals surface area (Å²) < 4.78 is 28.3. The zero-order valence-corrected chi connectivity index (χ0v) is 14.6. The highest BCUT2D eigenvalue weighted by atomic mass is 32.2. The summed E-state index contributed by atoms with van der Waals surface area (Å²) in [7, 11) is -3.49. The maximum atomic E-state index is 13.5. The van der Waals surface area contributed by atoms with Gasteiger partial charge in [-0.2, -0.15) is 0 Å². The Morgan fingerprint density at radius 3 is 2.42 bits per heavy atom. The first kappa shape index (κ1) is 15.8. The Morgan fingerprint density at radius 2 is 1.67 bits per heavy atom. The van der Waals surface area contributed by atoms with Gasteiger partial charge >= 0.3 is 0 Å². The number of fused-ring (bicyclic) bond motifs is 1. The van der Waals surface area contributed by atoms with Gasteiger partial charge in [0, 0.05) is 13.0 Å². The molecule has 128 valence electrons. The standard InChI is InChI=1S/C18H23N3O2S/c22-24(23,15-9-3-1-4-10-15)18(12-6-7-13-18)17-20-19-16-11-5-2-8-14-21(16)17/h1,3-4,9-10H,2,5-8,11-14H2. The summed E-state index contributed by atoms with van der Waals surface area (Å²) in [6, 6.07) is 8.84. The minimum atomic E-state index is -3.49. The highest BCUT2D eigenvalue weighted by Gasteiger charge is 2.52. The van der Waals surface area contributed by atoms with Crippen LogP contribution in [0.3, 0.4) is 0 Å². The largest absolute Gasteiger partial charge is 0.314 e. The van der Waals surface area contributed by atoms with E-state index in [2.05, 4.69) is 14.8 Å². The first-order valence-electron chi connectivity index (χ1n) is 8.87. The van der Waals surface area contributed by atoms with Gasteiger partial charge < -0.3 is 4.57 Å². The van der Waals surface area contributed by atoms with E-state index < -0.39 is 14.6 Å². The molecule has 1 aliphatic carbocycles. The van der Waals surface area contributed by atoms with E-state index in [1.807, 2.05) is 6.07 Å². The molecule has 5 nitrogen and oxygen atoms in total. The van der Waals surface area contributed by atoms with Crippen molar-refractivity contribution in [3.63, 3.8) is 0 Å². The van der Waals surface area contributed by atoms with E-state index in [1.165, 1.54) is 6.42 Å². The minimum Gasteiger partial charge on any atom is -0.314 e. The van der Waals surface area contributed by atoms with Crippen LogP contribution in [-0.4, -0.2) is 23.2 Å². The van der Waals surface area contributed by atoms with Crippen LogP contribution in [-0.2, 0) is 27.5 Å². The summed E-state index contributed by atoms with van der Waals surface area (Å²) in [4.78, 5) is 0.401. The van der Waals surface area contributed by atoms with Crippen LogP contribution in [0.5, 0.6) is 0 Å². The number of benzene rings is 1. The van der Waals surface area contributed by atoms with Gasteiger partial charge in [0.05, 0.1) is 4.90 Å². The third-order valence-corrected chi connectivity index (χ3v) is 8.01. The molecule has 0 saturated heterocycles. The molecular formula is C18H23N3O2S. The summed E-state index contributed by atoms with van der Waals surface area (Å²) in [5.74, 6) is 1.64. The van der Waals surface area contributed by atoms with Crippen molar-refractivity contribution >= 4 is 9.84 Å². The van der Waals surface area contributed by atoms with E-state index >= 15 is 0 Å². The van der Waals surface area contributed by atoms with E-state index in [4.69, 9.17) is 0 Å². The monoisotopic (exact) mass is 345 g/mol. The van der Waals surface area contributed by atoms with Crippen LogP contribution in [0, 0.1) is 0 Å². The molecule has 0 amide bonds. The number of aromatic nitrogens is 3. The fraction of sp³-hybridized carbons (Fsp3) is 0.556. The molecule has 1 saturated carbocycles. The molecule has 0 unspecified atom stereocenters. The van der Waals surface area contributed by atoms with Gasteiger partial charge in [-0.1, -0.05) is 37.5 Å². The van der Waals surface area contributed by atoms with Gasteiger partial charge in [-0.15, -0.1) is 10.2 Å². The second kappa shape index (κ2) is 5.99. The molecule has 24 heavy (non-hydrogen) atoms. The van der Waals surface area contributed by atoms with Crippen molar-refractivity contribution in [1.82, 2.24) is 14.8 Å². The number of hydrogen-bond acceptors (Lipinski definition) is 4. The van der Waals surface area contributed by atoms with E-state index in [0.717, 1.165) is 44.5 Å². The number of sulfone groups is 1. The van der Waals surface area contributed by atoms with Gasteiger partial charge in [-0.3, -0.25) is 0 Å². The normalized spacial score (nSPS) is 20.5. The van der Waals surface area contributed by atoms with Gasteiger partial charge in [0.15, 0.2) is 15.7 Å². The predicted molar refractivity (Wildman–Crippen MR) is 91.4 cm³/mol. The molecule has 2 aromatic rings. The van der Waals surface area contributed by atoms with Crippen molar-refractivity contribution in [3.8, 4) is 0 Å². The summed E-state index contributed by atoms with van der Waals surface area (Å²) >= 11 is 0. The Labute approximate surface area is 143 Å². The first-order chi connectivity index (χ1) is 11.7. The van der Waals surface area contributed by atoms with Gasteiger partial charge in [0.1, 0.15) is 10.6 Å². The van der Waals surface area contributed by atoms with Crippen LogP contribution >= 0.6 is 0 Å². The molecule has 1 aliphatic heterocycles. The minimum absolute atomic E-state index is 0.401. The second-order valence-corrected chi connectivity index (χ2v) is 9.18. The molecule has 4 rings (SSSR count). The highest BCUT2D eigenvalue weighted by molar-refractivity contribution is 7.92. The van der Waals surface area contributed by atoms with E-state index in [-0.39, 0.29) is 0 Å². The Hall–Kier alpha value is -1.69. The average Bonchev–Trinajstić information content (AvgIpc) is 3.18. The fourth-order valence-corrected chi connectivity index (χ4v) is 6.39. The average molecular weight is 345 g/mol. The van der Waals surface area contributed by atoms with E-state index in [0.29, 0.717) is 23.6 Å². The molecular weight excluding hydrogens is 322 g/mol. The lowest BCUT2D eigenvalue weighted by Crippen LogP contribution is -2.36. The smallest absolute Gasteiger partial charge is 0.191 e. The topological polar surface area (TPSA) is 64.8 Å². The highest BCUT2D eigenvalue weighted by Crippen LogP contribution is 2.48. The molecule has 0 bridgehead atoms. The van der Waals surface area contributed by atoms with Crippen molar-refractivity contribution in [2.45, 2.75) is 67.6 Å². The predicted octanol–water partition coefficient (Wildman–Crippen LogP) is 3.25. The molecule has 0 spiro atoms. The second-order valence-electron chi connectivity index (χ2n) is 6.92. The summed E-state index contributed by atoms with van der Waals surface area (Å²) in [6.07, 6.45) is 7.37. The fourth-order valence-electron chi connectivity index (χ4n) is 4.21. The summed E-state index contributed by atoms with van der Waals surface area (Å²) in [5, 5.41) is 8.78. The number of hydrogen-bond donors (Lipinski definition) is 0. The van der Waals surface area contributed by atoms with Gasteiger partial charge in [0.2, 0.25) is 0 Å². The van der Waals surface area contributed by atoms with Crippen LogP contribution in [0.25, 0.3) is 0 Å². The number of rotatable bonds is 3. The Morgan fingerprint density at radius 1 is 0.917 bits per heavy atom. The Balaban J connectivity index is 1.88. The molecule has 0 atom stereocenters. The van der Waals surface area contributed by atoms with Crippen LogP contribution in [0.15, 0.2) is 35.2 Å².